The zero-order chi connectivity index (χ0) is 22.1. The van der Waals surface area contributed by atoms with Gasteiger partial charge in [-0.3, -0.25) is 14.4 Å². The number of carbonyl (C=O) groups excluding carboxylic acids is 3. The molecule has 6 nitrogen and oxygen atoms in total. The number of fused-ring (bicyclic) bond motifs is 1. The molecule has 6 heteroatoms. The number of anilines is 1. The molecule has 1 aliphatic rings. The van der Waals surface area contributed by atoms with Crippen LogP contribution in [0.2, 0.25) is 0 Å². The number of nitrogen functional groups attached to an aromatic ring is 1. The molecule has 0 radical (unpaired) electrons. The molecule has 2 aromatic rings. The van der Waals surface area contributed by atoms with Gasteiger partial charge in [0.25, 0.3) is 0 Å². The van der Waals surface area contributed by atoms with Gasteiger partial charge in [-0.25, -0.2) is 0 Å². The van der Waals surface area contributed by atoms with Crippen LogP contribution in [0, 0.1) is 0 Å². The normalized spacial score (nSPS) is 17.9. The van der Waals surface area contributed by atoms with Gasteiger partial charge < -0.3 is 15.8 Å². The number of ketones is 2. The number of Topliss-reactive ketones (excluding diaryl/α,β-unsaturated/α-hetero) is 2. The molecule has 0 heterocycles. The second-order valence-corrected chi connectivity index (χ2v) is 7.84. The quantitative estimate of drug-likeness (QED) is 0.533. The van der Waals surface area contributed by atoms with Gasteiger partial charge in [0.1, 0.15) is 5.75 Å². The lowest BCUT2D eigenvalue weighted by atomic mass is 9.82. The van der Waals surface area contributed by atoms with E-state index in [0.717, 1.165) is 12.0 Å². The number of nitrogens with one attached hydrogen (secondary N) is 1. The van der Waals surface area contributed by atoms with Gasteiger partial charge in [-0.05, 0) is 30.0 Å². The van der Waals surface area contributed by atoms with Crippen LogP contribution in [0.25, 0.3) is 0 Å². The van der Waals surface area contributed by atoms with Crippen molar-refractivity contribution in [2.45, 2.75) is 52.0 Å². The number of hydrogen-bond acceptors (Lipinski definition) is 5. The lowest BCUT2D eigenvalue weighted by molar-refractivity contribution is -0.122. The largest absolute Gasteiger partial charge is 0.493 e. The van der Waals surface area contributed by atoms with Gasteiger partial charge in [0.05, 0.1) is 12.2 Å². The van der Waals surface area contributed by atoms with Crippen molar-refractivity contribution >= 4 is 23.2 Å². The van der Waals surface area contributed by atoms with Crippen molar-refractivity contribution in [3.05, 3.63) is 58.7 Å². The molecule has 2 aromatic carbocycles. The molecule has 0 saturated carbocycles. The van der Waals surface area contributed by atoms with Crippen LogP contribution < -0.4 is 15.8 Å². The van der Waals surface area contributed by atoms with E-state index in [0.29, 0.717) is 17.9 Å². The highest BCUT2D eigenvalue weighted by molar-refractivity contribution is 6.35. The number of amides is 1. The zero-order valence-electron chi connectivity index (χ0n) is 17.9. The highest BCUT2D eigenvalue weighted by Gasteiger charge is 2.57. The fourth-order valence-electron chi connectivity index (χ4n) is 3.77. The number of benzene rings is 2. The maximum absolute atomic E-state index is 13.7. The molecule has 0 aromatic heterocycles. The summed E-state index contributed by atoms with van der Waals surface area (Å²) in [5.41, 5.74) is 6.09. The summed E-state index contributed by atoms with van der Waals surface area (Å²) in [7, 11) is 0. The van der Waals surface area contributed by atoms with Crippen LogP contribution in [0.1, 0.15) is 78.3 Å². The minimum Gasteiger partial charge on any atom is -0.493 e. The van der Waals surface area contributed by atoms with Crippen molar-refractivity contribution in [3.8, 4) is 5.75 Å². The van der Waals surface area contributed by atoms with Gasteiger partial charge in [-0.15, -0.1) is 0 Å². The van der Waals surface area contributed by atoms with E-state index in [2.05, 4.69) is 19.2 Å². The number of rotatable bonds is 7. The third-order valence-electron chi connectivity index (χ3n) is 5.44. The highest BCUT2D eigenvalue weighted by atomic mass is 16.5. The summed E-state index contributed by atoms with van der Waals surface area (Å²) in [4.78, 5) is 39.8. The lowest BCUT2D eigenvalue weighted by Crippen LogP contribution is -2.54. The molecule has 0 saturated heterocycles. The van der Waals surface area contributed by atoms with Gasteiger partial charge in [0.2, 0.25) is 17.5 Å². The predicted octanol–water partition coefficient (Wildman–Crippen LogP) is 3.98. The molecular formula is C24H28N2O4. The first kappa shape index (κ1) is 21.6. The van der Waals surface area contributed by atoms with Crippen molar-refractivity contribution in [1.82, 2.24) is 5.32 Å². The molecule has 1 amide bonds. The summed E-state index contributed by atoms with van der Waals surface area (Å²) in [6, 6.07) is 10.2. The summed E-state index contributed by atoms with van der Waals surface area (Å²) in [6.07, 6.45) is 0.887. The Kier molecular flexibility index (Phi) is 5.97. The first-order valence-corrected chi connectivity index (χ1v) is 10.3. The van der Waals surface area contributed by atoms with E-state index in [9.17, 15) is 14.4 Å². The van der Waals surface area contributed by atoms with E-state index in [1.807, 2.05) is 19.1 Å². The third kappa shape index (κ3) is 3.36. The molecule has 1 aliphatic carbocycles. The second kappa shape index (κ2) is 8.30. The van der Waals surface area contributed by atoms with E-state index in [1.165, 1.54) is 0 Å². The number of ether oxygens (including phenoxy) is 1. The molecule has 0 fully saturated rings. The van der Waals surface area contributed by atoms with Crippen molar-refractivity contribution in [2.24, 2.45) is 0 Å². The molecule has 3 rings (SSSR count). The SMILES string of the molecule is CCCOc1cc(C(C)C)ccc1C1(NC(=O)CC)C(=O)c2cccc(N)c2C1=O. The first-order valence-electron chi connectivity index (χ1n) is 10.3. The van der Waals surface area contributed by atoms with Crippen molar-refractivity contribution in [1.29, 1.82) is 0 Å². The summed E-state index contributed by atoms with van der Waals surface area (Å²) < 4.78 is 5.97. The maximum Gasteiger partial charge on any atom is 0.221 e. The van der Waals surface area contributed by atoms with Gasteiger partial charge in [0, 0.05) is 23.2 Å². The molecule has 158 valence electrons. The Morgan fingerprint density at radius 1 is 1.13 bits per heavy atom. The molecular weight excluding hydrogens is 380 g/mol. The van der Waals surface area contributed by atoms with Gasteiger partial charge >= 0.3 is 0 Å². The Bertz CT molecular complexity index is 1010. The van der Waals surface area contributed by atoms with Crippen LogP contribution in [0.4, 0.5) is 5.69 Å². The molecule has 0 aliphatic heterocycles. The standard InChI is InChI=1S/C24H28N2O4/c1-5-12-30-19-13-15(14(3)4)10-11-17(19)24(26-20(27)6-2)22(28)16-8-7-9-18(25)21(16)23(24)29/h7-11,13-14H,5-6,12,25H2,1-4H3,(H,26,27). The van der Waals surface area contributed by atoms with E-state index in [-0.39, 0.29) is 29.2 Å². The second-order valence-electron chi connectivity index (χ2n) is 7.84. The summed E-state index contributed by atoms with van der Waals surface area (Å²) in [5.74, 6) is -0.770. The Labute approximate surface area is 176 Å². The number of carbonyl (C=O) groups is 3. The predicted molar refractivity (Wildman–Crippen MR) is 116 cm³/mol. The van der Waals surface area contributed by atoms with E-state index < -0.39 is 23.0 Å². The molecule has 0 spiro atoms. The van der Waals surface area contributed by atoms with Gasteiger partial charge in [0.15, 0.2) is 5.54 Å². The molecule has 0 bridgehead atoms. The molecule has 1 unspecified atom stereocenters. The van der Waals surface area contributed by atoms with Crippen LogP contribution in [-0.4, -0.2) is 24.1 Å². The van der Waals surface area contributed by atoms with E-state index in [4.69, 9.17) is 10.5 Å². The number of nitrogens with two attached hydrogens (primary N) is 1. The highest BCUT2D eigenvalue weighted by Crippen LogP contribution is 2.44. The average Bonchev–Trinajstić information content (AvgIpc) is 2.95. The minimum atomic E-state index is -1.89. The molecule has 30 heavy (non-hydrogen) atoms. The lowest BCUT2D eigenvalue weighted by Gasteiger charge is -2.30. The Hall–Kier alpha value is -3.15. The van der Waals surface area contributed by atoms with Gasteiger partial charge in [-0.1, -0.05) is 52.0 Å². The van der Waals surface area contributed by atoms with E-state index in [1.54, 1.807) is 31.2 Å². The maximum atomic E-state index is 13.7. The summed E-state index contributed by atoms with van der Waals surface area (Å²) in [5, 5.41) is 2.72. The fourth-order valence-corrected chi connectivity index (χ4v) is 3.77. The summed E-state index contributed by atoms with van der Waals surface area (Å²) >= 11 is 0. The van der Waals surface area contributed by atoms with Crippen LogP contribution in [0.15, 0.2) is 36.4 Å². The Balaban J connectivity index is 2.29. The van der Waals surface area contributed by atoms with Crippen molar-refractivity contribution < 1.29 is 19.1 Å². The average molecular weight is 408 g/mol. The fraction of sp³-hybridized carbons (Fsp3) is 0.375. The summed E-state index contributed by atoms with van der Waals surface area (Å²) in [6.45, 7) is 8.17. The number of hydrogen-bond donors (Lipinski definition) is 2. The third-order valence-corrected chi connectivity index (χ3v) is 5.44. The van der Waals surface area contributed by atoms with Gasteiger partial charge in [-0.2, -0.15) is 0 Å². The van der Waals surface area contributed by atoms with E-state index >= 15 is 0 Å². The molecule has 1 atom stereocenters. The topological polar surface area (TPSA) is 98.5 Å². The Morgan fingerprint density at radius 3 is 2.47 bits per heavy atom. The van der Waals surface area contributed by atoms with Crippen LogP contribution >= 0.6 is 0 Å². The first-order chi connectivity index (χ1) is 14.3. The Morgan fingerprint density at radius 2 is 1.87 bits per heavy atom. The van der Waals surface area contributed by atoms with Crippen LogP contribution in [-0.2, 0) is 10.3 Å². The zero-order valence-corrected chi connectivity index (χ0v) is 17.9. The smallest absolute Gasteiger partial charge is 0.221 e. The van der Waals surface area contributed by atoms with Crippen molar-refractivity contribution in [2.75, 3.05) is 12.3 Å². The minimum absolute atomic E-state index is 0.128. The monoisotopic (exact) mass is 408 g/mol. The van der Waals surface area contributed by atoms with Crippen LogP contribution in [0.5, 0.6) is 5.75 Å². The van der Waals surface area contributed by atoms with Crippen molar-refractivity contribution in [3.63, 3.8) is 0 Å². The van der Waals surface area contributed by atoms with Crippen LogP contribution in [0.3, 0.4) is 0 Å². The molecule has 3 N–H and O–H groups in total.